The van der Waals surface area contributed by atoms with Crippen molar-refractivity contribution in [2.75, 3.05) is 19.6 Å². The zero-order valence-electron chi connectivity index (χ0n) is 14.7. The molecule has 0 unspecified atom stereocenters. The third-order valence-corrected chi connectivity index (χ3v) is 4.93. The van der Waals surface area contributed by atoms with Gasteiger partial charge in [-0.05, 0) is 41.1 Å². The number of aromatic amines is 1. The summed E-state index contributed by atoms with van der Waals surface area (Å²) in [5.41, 5.74) is 3.87. The molecule has 5 nitrogen and oxygen atoms in total. The van der Waals surface area contributed by atoms with Gasteiger partial charge in [0.25, 0.3) is 5.56 Å². The van der Waals surface area contributed by atoms with Crippen molar-refractivity contribution in [1.29, 1.82) is 0 Å². The number of aromatic nitrogens is 1. The van der Waals surface area contributed by atoms with Crippen LogP contribution in [0.4, 0.5) is 0 Å². The fraction of sp³-hybridized carbons (Fsp3) is 0.238. The van der Waals surface area contributed by atoms with E-state index < -0.39 is 0 Å². The molecule has 1 aromatic heterocycles. The molecule has 0 spiro atoms. The van der Waals surface area contributed by atoms with Crippen LogP contribution in [-0.4, -0.2) is 35.4 Å². The second kappa shape index (κ2) is 6.77. The van der Waals surface area contributed by atoms with Gasteiger partial charge in [-0.2, -0.15) is 0 Å². The molecule has 2 heterocycles. The second-order valence-corrected chi connectivity index (χ2v) is 6.74. The first-order valence-corrected chi connectivity index (χ1v) is 8.82. The maximum Gasteiger partial charge on any atom is 0.256 e. The van der Waals surface area contributed by atoms with Crippen LogP contribution in [0.2, 0.25) is 0 Å². The summed E-state index contributed by atoms with van der Waals surface area (Å²) in [5.74, 6) is 0.134. The van der Waals surface area contributed by atoms with Crippen molar-refractivity contribution in [2.24, 2.45) is 0 Å². The Balaban J connectivity index is 1.63. The average molecular weight is 347 g/mol. The van der Waals surface area contributed by atoms with Gasteiger partial charge < -0.3 is 15.2 Å². The summed E-state index contributed by atoms with van der Waals surface area (Å²) in [7, 11) is 0. The maximum absolute atomic E-state index is 12.4. The molecule has 1 saturated heterocycles. The van der Waals surface area contributed by atoms with Gasteiger partial charge in [-0.3, -0.25) is 9.59 Å². The van der Waals surface area contributed by atoms with Gasteiger partial charge in [-0.1, -0.05) is 36.4 Å². The number of rotatable bonds is 3. The highest BCUT2D eigenvalue weighted by atomic mass is 16.2. The van der Waals surface area contributed by atoms with Crippen LogP contribution >= 0.6 is 0 Å². The standard InChI is InChI=1S/C21H21N3O2/c1-14-3-2-4-17-18(14)11-19(23-21(17)26)16-7-5-15(6-8-16)13-24-10-9-22-12-20(24)25/h2-8,11,22H,9-10,12-13H2,1H3,(H,23,26). The van der Waals surface area contributed by atoms with Crippen LogP contribution in [0.3, 0.4) is 0 Å². The molecule has 26 heavy (non-hydrogen) atoms. The van der Waals surface area contributed by atoms with Crippen molar-refractivity contribution in [1.82, 2.24) is 15.2 Å². The number of nitrogens with zero attached hydrogens (tertiary/aromatic N) is 1. The Morgan fingerprint density at radius 1 is 1.04 bits per heavy atom. The predicted molar refractivity (Wildman–Crippen MR) is 103 cm³/mol. The zero-order chi connectivity index (χ0) is 18.1. The Morgan fingerprint density at radius 3 is 2.62 bits per heavy atom. The highest BCUT2D eigenvalue weighted by Gasteiger charge is 2.17. The van der Waals surface area contributed by atoms with Crippen molar-refractivity contribution < 1.29 is 4.79 Å². The molecular weight excluding hydrogens is 326 g/mol. The van der Waals surface area contributed by atoms with Crippen LogP contribution < -0.4 is 10.9 Å². The average Bonchev–Trinajstić information content (AvgIpc) is 2.65. The van der Waals surface area contributed by atoms with Crippen molar-refractivity contribution >= 4 is 16.7 Å². The lowest BCUT2D eigenvalue weighted by molar-refractivity contribution is -0.132. The van der Waals surface area contributed by atoms with Crippen LogP contribution in [-0.2, 0) is 11.3 Å². The molecule has 1 fully saturated rings. The molecule has 2 N–H and O–H groups in total. The van der Waals surface area contributed by atoms with Gasteiger partial charge in [0.2, 0.25) is 5.91 Å². The van der Waals surface area contributed by atoms with E-state index >= 15 is 0 Å². The van der Waals surface area contributed by atoms with Crippen molar-refractivity contribution in [2.45, 2.75) is 13.5 Å². The molecule has 1 aliphatic rings. The minimum absolute atomic E-state index is 0.0725. The lowest BCUT2D eigenvalue weighted by atomic mass is 10.0. The third-order valence-electron chi connectivity index (χ3n) is 4.93. The van der Waals surface area contributed by atoms with E-state index in [1.165, 1.54) is 0 Å². The van der Waals surface area contributed by atoms with Gasteiger partial charge in [0.15, 0.2) is 0 Å². The van der Waals surface area contributed by atoms with E-state index in [1.807, 2.05) is 60.4 Å². The molecule has 0 atom stereocenters. The molecule has 1 amide bonds. The number of amides is 1. The number of pyridine rings is 1. The molecule has 3 aromatic rings. The number of piperazine rings is 1. The predicted octanol–water partition coefficient (Wildman–Crippen LogP) is 2.44. The Bertz CT molecular complexity index is 1020. The first-order chi connectivity index (χ1) is 12.6. The molecule has 0 saturated carbocycles. The lowest BCUT2D eigenvalue weighted by Gasteiger charge is -2.27. The second-order valence-electron chi connectivity index (χ2n) is 6.74. The molecule has 132 valence electrons. The quantitative estimate of drug-likeness (QED) is 0.765. The minimum Gasteiger partial charge on any atom is -0.336 e. The van der Waals surface area contributed by atoms with Crippen molar-refractivity contribution in [3.8, 4) is 11.3 Å². The Morgan fingerprint density at radius 2 is 1.85 bits per heavy atom. The first-order valence-electron chi connectivity index (χ1n) is 8.82. The number of aryl methyl sites for hydroxylation is 1. The van der Waals surface area contributed by atoms with Crippen LogP contribution in [0.25, 0.3) is 22.0 Å². The monoisotopic (exact) mass is 347 g/mol. The highest BCUT2D eigenvalue weighted by molar-refractivity contribution is 5.87. The number of hydrogen-bond donors (Lipinski definition) is 2. The molecule has 4 rings (SSSR count). The molecule has 0 bridgehead atoms. The van der Waals surface area contributed by atoms with E-state index in [0.717, 1.165) is 40.9 Å². The van der Waals surface area contributed by atoms with Crippen molar-refractivity contribution in [3.05, 3.63) is 70.0 Å². The summed E-state index contributed by atoms with van der Waals surface area (Å²) in [4.78, 5) is 29.1. The Labute approximate surface area is 151 Å². The number of hydrogen-bond acceptors (Lipinski definition) is 3. The van der Waals surface area contributed by atoms with Crippen molar-refractivity contribution in [3.63, 3.8) is 0 Å². The first kappa shape index (κ1) is 16.5. The lowest BCUT2D eigenvalue weighted by Crippen LogP contribution is -2.47. The molecule has 0 aliphatic carbocycles. The normalized spacial score (nSPS) is 14.8. The number of carbonyl (C=O) groups is 1. The molecule has 2 aromatic carbocycles. The molecular formula is C21H21N3O2. The summed E-state index contributed by atoms with van der Waals surface area (Å²) in [6, 6.07) is 15.8. The van der Waals surface area contributed by atoms with E-state index in [1.54, 1.807) is 0 Å². The minimum atomic E-state index is -0.0725. The number of benzene rings is 2. The number of fused-ring (bicyclic) bond motifs is 1. The Kier molecular flexibility index (Phi) is 4.31. The zero-order valence-corrected chi connectivity index (χ0v) is 14.7. The molecule has 0 radical (unpaired) electrons. The molecule has 1 aliphatic heterocycles. The van der Waals surface area contributed by atoms with Crippen LogP contribution in [0, 0.1) is 6.92 Å². The van der Waals surface area contributed by atoms with Gasteiger partial charge >= 0.3 is 0 Å². The van der Waals surface area contributed by atoms with E-state index in [-0.39, 0.29) is 11.5 Å². The van der Waals surface area contributed by atoms with Gasteiger partial charge in [0.05, 0.1) is 6.54 Å². The topological polar surface area (TPSA) is 65.2 Å². The fourth-order valence-electron chi connectivity index (χ4n) is 3.42. The van der Waals surface area contributed by atoms with Gasteiger partial charge in [0.1, 0.15) is 0 Å². The third kappa shape index (κ3) is 3.13. The largest absolute Gasteiger partial charge is 0.336 e. The summed E-state index contributed by atoms with van der Waals surface area (Å²) in [6.07, 6.45) is 0. The molecule has 5 heteroatoms. The summed E-state index contributed by atoms with van der Waals surface area (Å²) in [6.45, 7) is 4.61. The number of H-pyrrole nitrogens is 1. The highest BCUT2D eigenvalue weighted by Crippen LogP contribution is 2.23. The Hall–Kier alpha value is -2.92. The van der Waals surface area contributed by atoms with Crippen LogP contribution in [0.15, 0.2) is 53.3 Å². The SMILES string of the molecule is Cc1cccc2c(=O)[nH]c(-c3ccc(CN4CCNCC4=O)cc3)cc12. The van der Waals surface area contributed by atoms with E-state index in [4.69, 9.17) is 0 Å². The van der Waals surface area contributed by atoms with E-state index in [9.17, 15) is 9.59 Å². The number of nitrogens with one attached hydrogen (secondary N) is 2. The summed E-state index contributed by atoms with van der Waals surface area (Å²) >= 11 is 0. The summed E-state index contributed by atoms with van der Waals surface area (Å²) < 4.78 is 0. The van der Waals surface area contributed by atoms with Gasteiger partial charge in [-0.15, -0.1) is 0 Å². The number of carbonyl (C=O) groups excluding carboxylic acids is 1. The van der Waals surface area contributed by atoms with E-state index in [2.05, 4.69) is 10.3 Å². The van der Waals surface area contributed by atoms with Gasteiger partial charge in [-0.25, -0.2) is 0 Å². The van der Waals surface area contributed by atoms with Crippen LogP contribution in [0.1, 0.15) is 11.1 Å². The van der Waals surface area contributed by atoms with Gasteiger partial charge in [0, 0.05) is 30.7 Å². The smallest absolute Gasteiger partial charge is 0.256 e. The fourth-order valence-corrected chi connectivity index (χ4v) is 3.42. The van der Waals surface area contributed by atoms with Crippen LogP contribution in [0.5, 0.6) is 0 Å². The maximum atomic E-state index is 12.4. The summed E-state index contributed by atoms with van der Waals surface area (Å²) in [5, 5.41) is 4.76. The van der Waals surface area contributed by atoms with E-state index in [0.29, 0.717) is 18.5 Å².